The van der Waals surface area contributed by atoms with Crippen molar-refractivity contribution in [3.05, 3.63) is 33.4 Å². The zero-order valence-electron chi connectivity index (χ0n) is 12.7. The summed E-state index contributed by atoms with van der Waals surface area (Å²) >= 11 is 0. The number of nitrogens with zero attached hydrogens (tertiary/aromatic N) is 1. The number of nitro groups is 1. The maximum Gasteiger partial charge on any atom is 0.311 e. The first-order chi connectivity index (χ1) is 9.78. The molecule has 0 amide bonds. The molecule has 0 bridgehead atoms. The highest BCUT2D eigenvalue weighted by Gasteiger charge is 2.28. The van der Waals surface area contributed by atoms with Gasteiger partial charge >= 0.3 is 5.69 Å². The second-order valence-electron chi connectivity index (χ2n) is 6.13. The number of hydrogen-bond donors (Lipinski definition) is 2. The second kappa shape index (κ2) is 5.99. The number of nitro benzene ring substituents is 1. The lowest BCUT2D eigenvalue weighted by Crippen LogP contribution is -2.43. The first kappa shape index (κ1) is 15.7. The van der Waals surface area contributed by atoms with E-state index in [1.54, 1.807) is 20.8 Å². The molecular formula is C15H22N2O4. The van der Waals surface area contributed by atoms with Crippen molar-refractivity contribution < 1.29 is 14.8 Å². The molecule has 6 heteroatoms. The van der Waals surface area contributed by atoms with Crippen LogP contribution in [0.5, 0.6) is 5.75 Å². The normalized spacial score (nSPS) is 17.3. The van der Waals surface area contributed by atoms with Crippen LogP contribution in [0.2, 0.25) is 0 Å². The molecule has 0 radical (unpaired) electrons. The van der Waals surface area contributed by atoms with Gasteiger partial charge in [-0.25, -0.2) is 0 Å². The Labute approximate surface area is 124 Å². The highest BCUT2D eigenvalue weighted by molar-refractivity contribution is 5.53. The molecule has 2 N–H and O–H groups in total. The molecule has 1 saturated carbocycles. The SMILES string of the molecule is Cc1cc(C)c(OCC(C)(O)CNC2CC2)c([N+](=O)[O-])c1. The van der Waals surface area contributed by atoms with E-state index in [1.165, 1.54) is 6.07 Å². The summed E-state index contributed by atoms with van der Waals surface area (Å²) in [7, 11) is 0. The predicted octanol–water partition coefficient (Wildman–Crippen LogP) is 2.09. The minimum Gasteiger partial charge on any atom is -0.484 e. The van der Waals surface area contributed by atoms with Crippen LogP contribution in [0.4, 0.5) is 5.69 Å². The smallest absolute Gasteiger partial charge is 0.311 e. The maximum atomic E-state index is 11.1. The lowest BCUT2D eigenvalue weighted by molar-refractivity contribution is -0.386. The van der Waals surface area contributed by atoms with E-state index in [-0.39, 0.29) is 18.0 Å². The average molecular weight is 294 g/mol. The monoisotopic (exact) mass is 294 g/mol. The summed E-state index contributed by atoms with van der Waals surface area (Å²) in [5.74, 6) is 0.234. The third-order valence-corrected chi connectivity index (χ3v) is 3.47. The first-order valence-electron chi connectivity index (χ1n) is 7.13. The predicted molar refractivity (Wildman–Crippen MR) is 79.7 cm³/mol. The lowest BCUT2D eigenvalue weighted by Gasteiger charge is -2.24. The van der Waals surface area contributed by atoms with Gasteiger partial charge in [-0.3, -0.25) is 10.1 Å². The summed E-state index contributed by atoms with van der Waals surface area (Å²) < 4.78 is 5.57. The van der Waals surface area contributed by atoms with Gasteiger partial charge in [-0.2, -0.15) is 0 Å². The van der Waals surface area contributed by atoms with Crippen LogP contribution in [0, 0.1) is 24.0 Å². The number of aliphatic hydroxyl groups is 1. The molecule has 1 aromatic rings. The van der Waals surface area contributed by atoms with Gasteiger partial charge in [0.1, 0.15) is 12.2 Å². The van der Waals surface area contributed by atoms with Crippen molar-refractivity contribution >= 4 is 5.69 Å². The van der Waals surface area contributed by atoms with Gasteiger partial charge < -0.3 is 15.2 Å². The van der Waals surface area contributed by atoms with Crippen LogP contribution >= 0.6 is 0 Å². The van der Waals surface area contributed by atoms with Crippen molar-refractivity contribution in [1.82, 2.24) is 5.32 Å². The average Bonchev–Trinajstić information content (AvgIpc) is 3.18. The Morgan fingerprint density at radius 1 is 1.48 bits per heavy atom. The number of benzene rings is 1. The van der Waals surface area contributed by atoms with Crippen molar-refractivity contribution in [3.8, 4) is 5.75 Å². The molecule has 0 aliphatic heterocycles. The fraction of sp³-hybridized carbons (Fsp3) is 0.600. The maximum absolute atomic E-state index is 11.1. The minimum atomic E-state index is -1.06. The van der Waals surface area contributed by atoms with Crippen molar-refractivity contribution in [1.29, 1.82) is 0 Å². The van der Waals surface area contributed by atoms with E-state index in [0.717, 1.165) is 18.4 Å². The Morgan fingerprint density at radius 3 is 2.71 bits per heavy atom. The van der Waals surface area contributed by atoms with Gasteiger partial charge in [0.05, 0.1) is 4.92 Å². The lowest BCUT2D eigenvalue weighted by atomic mass is 10.1. The number of aryl methyl sites for hydroxylation is 2. The van der Waals surface area contributed by atoms with Gasteiger partial charge in [-0.1, -0.05) is 6.07 Å². The van der Waals surface area contributed by atoms with E-state index < -0.39 is 10.5 Å². The highest BCUT2D eigenvalue weighted by atomic mass is 16.6. The van der Waals surface area contributed by atoms with Gasteiger partial charge in [-0.05, 0) is 44.7 Å². The standard InChI is InChI=1S/C15H22N2O4/c1-10-6-11(2)14(13(7-10)17(19)20)21-9-15(3,18)8-16-12-4-5-12/h6-7,12,16,18H,4-5,8-9H2,1-3H3. The molecule has 116 valence electrons. The van der Waals surface area contributed by atoms with Crippen LogP contribution in [0.1, 0.15) is 30.9 Å². The molecule has 0 aromatic heterocycles. The van der Waals surface area contributed by atoms with E-state index >= 15 is 0 Å². The fourth-order valence-corrected chi connectivity index (χ4v) is 2.19. The van der Waals surface area contributed by atoms with Crippen molar-refractivity contribution in [3.63, 3.8) is 0 Å². The summed E-state index contributed by atoms with van der Waals surface area (Å²) in [5, 5.41) is 24.6. The molecular weight excluding hydrogens is 272 g/mol. The van der Waals surface area contributed by atoms with Crippen LogP contribution in [0.15, 0.2) is 12.1 Å². The Hall–Kier alpha value is -1.66. The Balaban J connectivity index is 2.05. The summed E-state index contributed by atoms with van der Waals surface area (Å²) in [6.45, 7) is 5.66. The number of nitrogens with one attached hydrogen (secondary N) is 1. The Morgan fingerprint density at radius 2 is 2.14 bits per heavy atom. The van der Waals surface area contributed by atoms with Crippen molar-refractivity contribution in [2.75, 3.05) is 13.2 Å². The molecule has 1 aliphatic carbocycles. The molecule has 2 rings (SSSR count). The van der Waals surface area contributed by atoms with Crippen LogP contribution in [-0.2, 0) is 0 Å². The minimum absolute atomic E-state index is 0.0114. The molecule has 1 aromatic carbocycles. The summed E-state index contributed by atoms with van der Waals surface area (Å²) in [4.78, 5) is 10.7. The molecule has 6 nitrogen and oxygen atoms in total. The Kier molecular flexibility index (Phi) is 4.49. The summed E-state index contributed by atoms with van der Waals surface area (Å²) in [6, 6.07) is 3.81. The van der Waals surface area contributed by atoms with Crippen LogP contribution in [0.25, 0.3) is 0 Å². The number of hydrogen-bond acceptors (Lipinski definition) is 5. The molecule has 0 heterocycles. The van der Waals surface area contributed by atoms with E-state index in [2.05, 4.69) is 5.32 Å². The molecule has 1 atom stereocenters. The van der Waals surface area contributed by atoms with Crippen LogP contribution < -0.4 is 10.1 Å². The topological polar surface area (TPSA) is 84.6 Å². The van der Waals surface area contributed by atoms with E-state index in [1.807, 2.05) is 6.07 Å². The van der Waals surface area contributed by atoms with Gasteiger partial charge in [0.2, 0.25) is 0 Å². The Bertz CT molecular complexity index is 539. The third-order valence-electron chi connectivity index (χ3n) is 3.47. The second-order valence-corrected chi connectivity index (χ2v) is 6.13. The van der Waals surface area contributed by atoms with Crippen molar-refractivity contribution in [2.45, 2.75) is 45.3 Å². The van der Waals surface area contributed by atoms with Gasteiger partial charge in [0.15, 0.2) is 5.75 Å². The molecule has 0 spiro atoms. The fourth-order valence-electron chi connectivity index (χ4n) is 2.19. The zero-order chi connectivity index (χ0) is 15.6. The van der Waals surface area contributed by atoms with Gasteiger partial charge in [0.25, 0.3) is 0 Å². The molecule has 1 unspecified atom stereocenters. The van der Waals surface area contributed by atoms with E-state index in [4.69, 9.17) is 4.74 Å². The molecule has 21 heavy (non-hydrogen) atoms. The number of rotatable bonds is 7. The van der Waals surface area contributed by atoms with Crippen molar-refractivity contribution in [2.24, 2.45) is 0 Å². The zero-order valence-corrected chi connectivity index (χ0v) is 12.7. The number of ether oxygens (including phenoxy) is 1. The molecule has 1 fully saturated rings. The third kappa shape index (κ3) is 4.41. The first-order valence-corrected chi connectivity index (χ1v) is 7.13. The summed E-state index contributed by atoms with van der Waals surface area (Å²) in [5.41, 5.74) is 0.396. The van der Waals surface area contributed by atoms with Gasteiger partial charge in [-0.15, -0.1) is 0 Å². The van der Waals surface area contributed by atoms with E-state index in [9.17, 15) is 15.2 Å². The van der Waals surface area contributed by atoms with E-state index in [0.29, 0.717) is 18.2 Å². The molecule has 1 aliphatic rings. The quantitative estimate of drug-likeness (QED) is 0.594. The van der Waals surface area contributed by atoms with Crippen LogP contribution in [-0.4, -0.2) is 34.8 Å². The summed E-state index contributed by atoms with van der Waals surface area (Å²) in [6.07, 6.45) is 2.28. The highest BCUT2D eigenvalue weighted by Crippen LogP contribution is 2.32. The largest absolute Gasteiger partial charge is 0.484 e. The van der Waals surface area contributed by atoms with Crippen LogP contribution in [0.3, 0.4) is 0 Å². The molecule has 0 saturated heterocycles. The van der Waals surface area contributed by atoms with Gasteiger partial charge in [0, 0.05) is 18.7 Å².